The van der Waals surface area contributed by atoms with Gasteiger partial charge in [-0.15, -0.1) is 0 Å². The third-order valence-corrected chi connectivity index (χ3v) is 12.3. The maximum Gasteiger partial charge on any atom is 0.0979 e. The molecule has 1 aliphatic rings. The van der Waals surface area contributed by atoms with Crippen LogP contribution in [-0.2, 0) is 5.41 Å². The lowest BCUT2D eigenvalue weighted by Gasteiger charge is -2.22. The molecule has 0 saturated heterocycles. The van der Waals surface area contributed by atoms with Crippen molar-refractivity contribution in [1.29, 1.82) is 0 Å². The average Bonchev–Trinajstić information content (AvgIpc) is 3.50. The Hall–Kier alpha value is -7.30. The molecule has 266 valence electrons. The molecule has 0 N–H and O–H groups in total. The van der Waals surface area contributed by atoms with Crippen LogP contribution in [0.15, 0.2) is 170 Å². The van der Waals surface area contributed by atoms with Gasteiger partial charge in [0.05, 0.1) is 45.8 Å². The monoisotopic (exact) mass is 726 g/mol. The minimum Gasteiger partial charge on any atom is -0.252 e. The van der Waals surface area contributed by atoms with Crippen LogP contribution in [-0.4, -0.2) is 19.9 Å². The zero-order valence-electron chi connectivity index (χ0n) is 31.5. The van der Waals surface area contributed by atoms with E-state index in [1.165, 1.54) is 49.4 Å². The molecule has 0 bridgehead atoms. The Labute approximate surface area is 329 Å². The van der Waals surface area contributed by atoms with Crippen molar-refractivity contribution in [3.05, 3.63) is 181 Å². The van der Waals surface area contributed by atoms with E-state index in [1.54, 1.807) is 0 Å². The van der Waals surface area contributed by atoms with Crippen LogP contribution in [0.25, 0.3) is 110 Å². The Morgan fingerprint density at radius 1 is 0.333 bits per heavy atom. The van der Waals surface area contributed by atoms with E-state index in [9.17, 15) is 0 Å². The first kappa shape index (κ1) is 32.0. The van der Waals surface area contributed by atoms with Crippen LogP contribution < -0.4 is 0 Å². The summed E-state index contributed by atoms with van der Waals surface area (Å²) in [6.45, 7) is 4.68. The van der Waals surface area contributed by atoms with Crippen molar-refractivity contribution in [2.75, 3.05) is 0 Å². The Balaban J connectivity index is 0.924. The molecule has 0 fully saturated rings. The Morgan fingerprint density at radius 2 is 0.702 bits per heavy atom. The van der Waals surface area contributed by atoms with Gasteiger partial charge in [0.25, 0.3) is 0 Å². The van der Waals surface area contributed by atoms with Crippen molar-refractivity contribution in [3.63, 3.8) is 0 Å². The number of fused-ring (bicyclic) bond motifs is 15. The van der Waals surface area contributed by atoms with E-state index in [1.807, 2.05) is 12.4 Å². The van der Waals surface area contributed by atoms with Crippen LogP contribution in [0.3, 0.4) is 0 Å². The third-order valence-electron chi connectivity index (χ3n) is 12.3. The van der Waals surface area contributed by atoms with E-state index >= 15 is 0 Å². The molecule has 1 aliphatic carbocycles. The maximum atomic E-state index is 5.31. The van der Waals surface area contributed by atoms with Crippen LogP contribution in [0, 0.1) is 0 Å². The number of aromatic nitrogens is 4. The highest BCUT2D eigenvalue weighted by atomic mass is 14.8. The second-order valence-corrected chi connectivity index (χ2v) is 15.8. The van der Waals surface area contributed by atoms with Gasteiger partial charge in [-0.25, -0.2) is 9.97 Å². The van der Waals surface area contributed by atoms with E-state index in [-0.39, 0.29) is 5.41 Å². The SMILES string of the molecule is CC1(C)c2cc(-c3cccc(-c4cnc5c6ccccc6c6ccccc6c5n4)c3)ccc2-c2ccc(-c3cnc4c5ccccc5c5ccccc5c4n3)cc21. The fourth-order valence-corrected chi connectivity index (χ4v) is 9.46. The summed E-state index contributed by atoms with van der Waals surface area (Å²) in [6, 6.07) is 56.5. The van der Waals surface area contributed by atoms with Crippen molar-refractivity contribution in [2.45, 2.75) is 19.3 Å². The molecule has 0 aliphatic heterocycles. The summed E-state index contributed by atoms with van der Waals surface area (Å²) in [4.78, 5) is 20.7. The zero-order chi connectivity index (χ0) is 37.8. The van der Waals surface area contributed by atoms with Gasteiger partial charge >= 0.3 is 0 Å². The van der Waals surface area contributed by atoms with Crippen LogP contribution in [0.5, 0.6) is 0 Å². The summed E-state index contributed by atoms with van der Waals surface area (Å²) in [5.41, 5.74) is 14.9. The molecule has 0 amide bonds. The van der Waals surface area contributed by atoms with Crippen molar-refractivity contribution in [2.24, 2.45) is 0 Å². The van der Waals surface area contributed by atoms with Crippen molar-refractivity contribution in [1.82, 2.24) is 19.9 Å². The van der Waals surface area contributed by atoms with Crippen molar-refractivity contribution >= 4 is 65.2 Å². The fraction of sp³-hybridized carbons (Fsp3) is 0.0566. The van der Waals surface area contributed by atoms with Crippen LogP contribution in [0.2, 0.25) is 0 Å². The second-order valence-electron chi connectivity index (χ2n) is 15.8. The topological polar surface area (TPSA) is 51.6 Å². The van der Waals surface area contributed by atoms with Crippen LogP contribution in [0.4, 0.5) is 0 Å². The summed E-state index contributed by atoms with van der Waals surface area (Å²) < 4.78 is 0. The summed E-state index contributed by atoms with van der Waals surface area (Å²) in [7, 11) is 0. The fourth-order valence-electron chi connectivity index (χ4n) is 9.46. The van der Waals surface area contributed by atoms with E-state index in [2.05, 4.69) is 172 Å². The summed E-state index contributed by atoms with van der Waals surface area (Å²) >= 11 is 0. The molecule has 57 heavy (non-hydrogen) atoms. The predicted molar refractivity (Wildman–Crippen MR) is 237 cm³/mol. The molecule has 0 unspecified atom stereocenters. The number of hydrogen-bond acceptors (Lipinski definition) is 4. The highest BCUT2D eigenvalue weighted by molar-refractivity contribution is 6.24. The van der Waals surface area contributed by atoms with Gasteiger partial charge in [-0.2, -0.15) is 0 Å². The lowest BCUT2D eigenvalue weighted by atomic mass is 9.81. The van der Waals surface area contributed by atoms with Gasteiger partial charge in [-0.1, -0.05) is 153 Å². The summed E-state index contributed by atoms with van der Waals surface area (Å²) in [5, 5.41) is 9.30. The first-order chi connectivity index (χ1) is 28.0. The minimum atomic E-state index is -0.213. The first-order valence-electron chi connectivity index (χ1n) is 19.5. The highest BCUT2D eigenvalue weighted by Crippen LogP contribution is 2.51. The van der Waals surface area contributed by atoms with Gasteiger partial charge in [-0.05, 0) is 73.1 Å². The quantitative estimate of drug-likeness (QED) is 0.170. The van der Waals surface area contributed by atoms with E-state index < -0.39 is 0 Å². The van der Waals surface area contributed by atoms with Gasteiger partial charge in [0.15, 0.2) is 0 Å². The molecule has 12 rings (SSSR count). The molecule has 4 nitrogen and oxygen atoms in total. The van der Waals surface area contributed by atoms with Gasteiger partial charge in [0.1, 0.15) is 0 Å². The maximum absolute atomic E-state index is 5.31. The number of hydrogen-bond donors (Lipinski definition) is 0. The summed E-state index contributed by atoms with van der Waals surface area (Å²) in [5.74, 6) is 0. The Kier molecular flexibility index (Phi) is 6.65. The van der Waals surface area contributed by atoms with Crippen LogP contribution >= 0.6 is 0 Å². The molecule has 0 saturated carbocycles. The minimum absolute atomic E-state index is 0.213. The van der Waals surface area contributed by atoms with Crippen LogP contribution in [0.1, 0.15) is 25.0 Å². The molecule has 9 aromatic carbocycles. The molecular formula is C53H34N4. The normalized spacial score (nSPS) is 13.2. The smallest absolute Gasteiger partial charge is 0.0979 e. The number of nitrogens with zero attached hydrogens (tertiary/aromatic N) is 4. The Bertz CT molecular complexity index is 3440. The molecule has 0 spiro atoms. The molecule has 4 heteroatoms. The van der Waals surface area contributed by atoms with E-state index in [0.29, 0.717) is 0 Å². The van der Waals surface area contributed by atoms with Gasteiger partial charge in [0, 0.05) is 38.1 Å². The first-order valence-corrected chi connectivity index (χ1v) is 19.5. The molecule has 11 aromatic rings. The standard InChI is InChI=1S/C53H34N4/c1-53(2)45-27-32(31-12-11-13-33(26-31)47-29-54-49-41-18-7-3-14-35(41)37-16-5-9-20-43(37)51(49)56-47)22-24-39(45)40-25-23-34(28-46(40)53)48-30-55-50-42-19-8-4-15-36(42)38-17-6-10-21-44(38)52(50)57-48/h3-30H,1-2H3. The third kappa shape index (κ3) is 4.68. The zero-order valence-corrected chi connectivity index (χ0v) is 31.5. The van der Waals surface area contributed by atoms with E-state index in [0.717, 1.165) is 71.7 Å². The largest absolute Gasteiger partial charge is 0.252 e. The molecule has 0 atom stereocenters. The predicted octanol–water partition coefficient (Wildman–Crippen LogP) is 13.5. The van der Waals surface area contributed by atoms with Gasteiger partial charge in [-0.3, -0.25) is 9.97 Å². The molecule has 2 heterocycles. The molecular weight excluding hydrogens is 693 g/mol. The number of rotatable bonds is 3. The lowest BCUT2D eigenvalue weighted by Crippen LogP contribution is -2.15. The summed E-state index contributed by atoms with van der Waals surface area (Å²) in [6.07, 6.45) is 3.86. The van der Waals surface area contributed by atoms with Gasteiger partial charge in [0.2, 0.25) is 0 Å². The second kappa shape index (κ2) is 11.8. The van der Waals surface area contributed by atoms with Crippen molar-refractivity contribution in [3.8, 4) is 44.8 Å². The van der Waals surface area contributed by atoms with Crippen molar-refractivity contribution < 1.29 is 0 Å². The average molecular weight is 727 g/mol. The highest BCUT2D eigenvalue weighted by Gasteiger charge is 2.36. The van der Waals surface area contributed by atoms with E-state index in [4.69, 9.17) is 19.9 Å². The number of benzene rings is 9. The molecule has 2 aromatic heterocycles. The molecule has 0 radical (unpaired) electrons. The lowest BCUT2D eigenvalue weighted by molar-refractivity contribution is 0.661. The Morgan fingerprint density at radius 3 is 1.19 bits per heavy atom. The van der Waals surface area contributed by atoms with Gasteiger partial charge < -0.3 is 0 Å².